The Morgan fingerprint density at radius 2 is 2.10 bits per heavy atom. The van der Waals surface area contributed by atoms with Crippen LogP contribution in [0.15, 0.2) is 18.2 Å². The molecule has 4 nitrogen and oxygen atoms in total. The highest BCUT2D eigenvalue weighted by molar-refractivity contribution is 6.04. The van der Waals surface area contributed by atoms with E-state index < -0.39 is 5.41 Å². The van der Waals surface area contributed by atoms with Crippen LogP contribution in [-0.2, 0) is 16.0 Å². The first kappa shape index (κ1) is 15.5. The lowest BCUT2D eigenvalue weighted by Crippen LogP contribution is -2.38. The van der Waals surface area contributed by atoms with E-state index in [1.165, 1.54) is 0 Å². The summed E-state index contributed by atoms with van der Waals surface area (Å²) in [5.41, 5.74) is 1.11. The molecule has 0 radical (unpaired) electrons. The van der Waals surface area contributed by atoms with Crippen molar-refractivity contribution in [1.82, 2.24) is 0 Å². The van der Waals surface area contributed by atoms with Crippen LogP contribution in [0.25, 0.3) is 0 Å². The van der Waals surface area contributed by atoms with E-state index in [1.807, 2.05) is 19.1 Å². The second-order valence-electron chi connectivity index (χ2n) is 5.47. The second kappa shape index (κ2) is 6.29. The molecule has 0 aromatic heterocycles. The molecule has 1 unspecified atom stereocenters. The SMILES string of the molecule is CCOC(=O)CC1(CC)CCc2cc(OC)ccc2C1=O. The second-order valence-corrected chi connectivity index (χ2v) is 5.47. The van der Waals surface area contributed by atoms with Gasteiger partial charge in [0.15, 0.2) is 5.78 Å². The lowest BCUT2D eigenvalue weighted by molar-refractivity contribution is -0.145. The number of methoxy groups -OCH3 is 1. The minimum atomic E-state index is -0.617. The number of carbonyl (C=O) groups is 2. The van der Waals surface area contributed by atoms with Crippen molar-refractivity contribution in [3.63, 3.8) is 0 Å². The van der Waals surface area contributed by atoms with Crippen LogP contribution in [0.2, 0.25) is 0 Å². The Morgan fingerprint density at radius 1 is 1.33 bits per heavy atom. The van der Waals surface area contributed by atoms with Crippen LogP contribution in [0, 0.1) is 5.41 Å². The van der Waals surface area contributed by atoms with Crippen molar-refractivity contribution in [3.8, 4) is 5.75 Å². The number of aryl methyl sites for hydroxylation is 1. The zero-order valence-corrected chi connectivity index (χ0v) is 12.9. The molecule has 0 spiro atoms. The fourth-order valence-corrected chi connectivity index (χ4v) is 3.02. The van der Waals surface area contributed by atoms with Gasteiger partial charge in [-0.2, -0.15) is 0 Å². The molecule has 0 aliphatic heterocycles. The van der Waals surface area contributed by atoms with Gasteiger partial charge >= 0.3 is 5.97 Å². The number of ether oxygens (including phenoxy) is 2. The average Bonchev–Trinajstić information content (AvgIpc) is 2.50. The molecule has 1 aliphatic carbocycles. The molecule has 0 amide bonds. The summed E-state index contributed by atoms with van der Waals surface area (Å²) in [6.07, 6.45) is 2.28. The van der Waals surface area contributed by atoms with Crippen LogP contribution < -0.4 is 4.74 Å². The van der Waals surface area contributed by atoms with Crippen molar-refractivity contribution >= 4 is 11.8 Å². The molecule has 4 heteroatoms. The lowest BCUT2D eigenvalue weighted by Gasteiger charge is -2.35. The fourth-order valence-electron chi connectivity index (χ4n) is 3.02. The number of esters is 1. The van der Waals surface area contributed by atoms with Gasteiger partial charge in [-0.3, -0.25) is 9.59 Å². The van der Waals surface area contributed by atoms with Crippen LogP contribution in [0.1, 0.15) is 49.0 Å². The molecule has 1 atom stereocenters. The first-order chi connectivity index (χ1) is 10.1. The van der Waals surface area contributed by atoms with E-state index in [0.717, 1.165) is 17.7 Å². The molecule has 0 N–H and O–H groups in total. The Bertz CT molecular complexity index is 550. The number of hydrogen-bond acceptors (Lipinski definition) is 4. The quantitative estimate of drug-likeness (QED) is 0.782. The van der Waals surface area contributed by atoms with Crippen LogP contribution in [0.3, 0.4) is 0 Å². The number of benzene rings is 1. The van der Waals surface area contributed by atoms with Gasteiger partial charge in [0.2, 0.25) is 0 Å². The standard InChI is InChI=1S/C17H22O4/c1-4-17(11-15(18)21-5-2)9-8-12-10-13(20-3)6-7-14(12)16(17)19/h6-7,10H,4-5,8-9,11H2,1-3H3. The zero-order chi connectivity index (χ0) is 15.5. The Labute approximate surface area is 125 Å². The smallest absolute Gasteiger partial charge is 0.306 e. The van der Waals surface area contributed by atoms with Crippen molar-refractivity contribution in [2.45, 2.75) is 39.5 Å². The lowest BCUT2D eigenvalue weighted by atomic mass is 9.67. The number of carbonyl (C=O) groups excluding carboxylic acids is 2. The maximum atomic E-state index is 12.9. The predicted molar refractivity (Wildman–Crippen MR) is 79.6 cm³/mol. The summed E-state index contributed by atoms with van der Waals surface area (Å²) in [4.78, 5) is 24.7. The van der Waals surface area contributed by atoms with E-state index in [9.17, 15) is 9.59 Å². The molecular formula is C17H22O4. The minimum absolute atomic E-state index is 0.0574. The van der Waals surface area contributed by atoms with Gasteiger partial charge in [0, 0.05) is 11.0 Å². The highest BCUT2D eigenvalue weighted by Gasteiger charge is 2.43. The summed E-state index contributed by atoms with van der Waals surface area (Å²) in [7, 11) is 1.61. The summed E-state index contributed by atoms with van der Waals surface area (Å²) in [5.74, 6) is 0.530. The summed E-state index contributed by atoms with van der Waals surface area (Å²) in [6, 6.07) is 5.52. The molecule has 0 fully saturated rings. The molecule has 114 valence electrons. The van der Waals surface area contributed by atoms with Crippen LogP contribution in [-0.4, -0.2) is 25.5 Å². The van der Waals surface area contributed by atoms with E-state index >= 15 is 0 Å². The van der Waals surface area contributed by atoms with Gasteiger partial charge in [-0.15, -0.1) is 0 Å². The number of fused-ring (bicyclic) bond motifs is 1. The summed E-state index contributed by atoms with van der Waals surface area (Å²) in [6.45, 7) is 4.09. The molecule has 1 aromatic carbocycles. The van der Waals surface area contributed by atoms with Crippen molar-refractivity contribution < 1.29 is 19.1 Å². The summed E-state index contributed by atoms with van der Waals surface area (Å²) >= 11 is 0. The maximum absolute atomic E-state index is 12.9. The van der Waals surface area contributed by atoms with Gasteiger partial charge in [0.25, 0.3) is 0 Å². The normalized spacial score (nSPS) is 20.8. The summed E-state index contributed by atoms with van der Waals surface area (Å²) in [5, 5.41) is 0. The van der Waals surface area contributed by atoms with Gasteiger partial charge in [0.05, 0.1) is 20.1 Å². The fraction of sp³-hybridized carbons (Fsp3) is 0.529. The molecule has 0 heterocycles. The molecule has 0 saturated carbocycles. The van der Waals surface area contributed by atoms with Crippen molar-refractivity contribution in [2.75, 3.05) is 13.7 Å². The first-order valence-electron chi connectivity index (χ1n) is 7.43. The first-order valence-corrected chi connectivity index (χ1v) is 7.43. The van der Waals surface area contributed by atoms with Gasteiger partial charge < -0.3 is 9.47 Å². The molecule has 0 bridgehead atoms. The highest BCUT2D eigenvalue weighted by atomic mass is 16.5. The largest absolute Gasteiger partial charge is 0.497 e. The Morgan fingerprint density at radius 3 is 2.71 bits per heavy atom. The monoisotopic (exact) mass is 290 g/mol. The zero-order valence-electron chi connectivity index (χ0n) is 12.9. The topological polar surface area (TPSA) is 52.6 Å². The third kappa shape index (κ3) is 2.94. The van der Waals surface area contributed by atoms with Crippen molar-refractivity contribution in [2.24, 2.45) is 5.41 Å². The molecular weight excluding hydrogens is 268 g/mol. The highest BCUT2D eigenvalue weighted by Crippen LogP contribution is 2.42. The molecule has 21 heavy (non-hydrogen) atoms. The number of Topliss-reactive ketones (excluding diaryl/α,β-unsaturated/α-hetero) is 1. The Balaban J connectivity index is 2.30. The van der Waals surface area contributed by atoms with E-state index in [4.69, 9.17) is 9.47 Å². The Kier molecular flexibility index (Phi) is 4.66. The number of rotatable bonds is 5. The third-order valence-electron chi connectivity index (χ3n) is 4.38. The van der Waals surface area contributed by atoms with Crippen LogP contribution in [0.4, 0.5) is 0 Å². The summed E-state index contributed by atoms with van der Waals surface area (Å²) < 4.78 is 10.2. The van der Waals surface area contributed by atoms with Gasteiger partial charge in [-0.05, 0) is 49.9 Å². The molecule has 1 aliphatic rings. The van der Waals surface area contributed by atoms with Crippen LogP contribution in [0.5, 0.6) is 5.75 Å². The number of ketones is 1. The van der Waals surface area contributed by atoms with E-state index in [0.29, 0.717) is 25.0 Å². The van der Waals surface area contributed by atoms with E-state index in [2.05, 4.69) is 0 Å². The van der Waals surface area contributed by atoms with Crippen molar-refractivity contribution in [3.05, 3.63) is 29.3 Å². The van der Waals surface area contributed by atoms with E-state index in [1.54, 1.807) is 20.1 Å². The Hall–Kier alpha value is -1.84. The van der Waals surface area contributed by atoms with Crippen LogP contribution >= 0.6 is 0 Å². The third-order valence-corrected chi connectivity index (χ3v) is 4.38. The van der Waals surface area contributed by atoms with Gasteiger partial charge in [0.1, 0.15) is 5.75 Å². The average molecular weight is 290 g/mol. The number of hydrogen-bond donors (Lipinski definition) is 0. The van der Waals surface area contributed by atoms with Gasteiger partial charge in [-0.1, -0.05) is 6.92 Å². The van der Waals surface area contributed by atoms with Crippen molar-refractivity contribution in [1.29, 1.82) is 0 Å². The minimum Gasteiger partial charge on any atom is -0.497 e. The molecule has 0 saturated heterocycles. The predicted octanol–water partition coefficient (Wildman–Crippen LogP) is 3.17. The maximum Gasteiger partial charge on any atom is 0.306 e. The molecule has 2 rings (SSSR count). The van der Waals surface area contributed by atoms with Gasteiger partial charge in [-0.25, -0.2) is 0 Å². The molecule has 1 aromatic rings. The van der Waals surface area contributed by atoms with E-state index in [-0.39, 0.29) is 18.2 Å².